The van der Waals surface area contributed by atoms with E-state index < -0.39 is 6.04 Å². The Hall–Kier alpha value is -3.53. The quantitative estimate of drug-likeness (QED) is 0.588. The summed E-state index contributed by atoms with van der Waals surface area (Å²) in [6, 6.07) is 7.10. The molecule has 0 bridgehead atoms. The van der Waals surface area contributed by atoms with Crippen molar-refractivity contribution in [2.75, 3.05) is 32.0 Å². The summed E-state index contributed by atoms with van der Waals surface area (Å²) < 4.78 is 21.5. The molecule has 3 heterocycles. The normalized spacial score (nSPS) is 19.9. The topological polar surface area (TPSA) is 108 Å². The van der Waals surface area contributed by atoms with Gasteiger partial charge in [0.05, 0.1) is 27.4 Å². The molecule has 0 saturated heterocycles. The van der Waals surface area contributed by atoms with Gasteiger partial charge in [0, 0.05) is 40.1 Å². The molecule has 166 valence electrons. The summed E-state index contributed by atoms with van der Waals surface area (Å²) in [4.78, 5) is 14.7. The number of ketones is 1. The first-order valence-electron chi connectivity index (χ1n) is 10.1. The molecule has 32 heavy (non-hydrogen) atoms. The van der Waals surface area contributed by atoms with Crippen LogP contribution >= 0.6 is 11.3 Å². The van der Waals surface area contributed by atoms with E-state index in [-0.39, 0.29) is 11.7 Å². The summed E-state index contributed by atoms with van der Waals surface area (Å²) in [7, 11) is 4.71. The number of benzene rings is 1. The minimum Gasteiger partial charge on any atom is -0.496 e. The molecule has 3 aromatic rings. The summed E-state index contributed by atoms with van der Waals surface area (Å²) in [5.74, 6) is 2.63. The predicted molar refractivity (Wildman–Crippen MR) is 119 cm³/mol. The van der Waals surface area contributed by atoms with Gasteiger partial charge in [-0.2, -0.15) is 0 Å². The lowest BCUT2D eigenvalue weighted by Crippen LogP contribution is -2.27. The molecule has 0 fully saturated rings. The molecular weight excluding hydrogens is 432 g/mol. The van der Waals surface area contributed by atoms with Crippen molar-refractivity contribution in [3.63, 3.8) is 0 Å². The number of anilines is 2. The Morgan fingerprint density at radius 2 is 1.78 bits per heavy atom. The van der Waals surface area contributed by atoms with E-state index >= 15 is 0 Å². The molecule has 0 spiro atoms. The van der Waals surface area contributed by atoms with Crippen molar-refractivity contribution in [2.45, 2.75) is 24.8 Å². The fraction of sp³-hybridized carbons (Fsp3) is 0.318. The molecule has 2 aliphatic rings. The fourth-order valence-corrected chi connectivity index (χ4v) is 5.17. The van der Waals surface area contributed by atoms with Crippen molar-refractivity contribution in [1.82, 2.24) is 10.3 Å². The summed E-state index contributed by atoms with van der Waals surface area (Å²) >= 11 is 1.66. The molecular formula is C22H22N4O5S. The molecule has 0 saturated carbocycles. The molecule has 0 radical (unpaired) electrons. The number of allylic oxidation sites excluding steroid dienone is 1. The van der Waals surface area contributed by atoms with Gasteiger partial charge in [0.15, 0.2) is 17.3 Å². The van der Waals surface area contributed by atoms with Crippen molar-refractivity contribution in [1.29, 1.82) is 0 Å². The van der Waals surface area contributed by atoms with Crippen LogP contribution in [0.3, 0.4) is 0 Å². The van der Waals surface area contributed by atoms with Crippen LogP contribution in [-0.4, -0.2) is 37.4 Å². The molecule has 2 aromatic heterocycles. The van der Waals surface area contributed by atoms with E-state index in [0.717, 1.165) is 11.3 Å². The van der Waals surface area contributed by atoms with Crippen LogP contribution in [0.25, 0.3) is 0 Å². The van der Waals surface area contributed by atoms with Crippen LogP contribution in [-0.2, 0) is 4.79 Å². The minimum absolute atomic E-state index is 0.0496. The Balaban J connectivity index is 1.66. The SMILES string of the molecule is COc1cc(OC)c(C2Nc3nonc3NC3=C2C(=O)CC(c2cccs2)C3)cc1OC. The highest BCUT2D eigenvalue weighted by Crippen LogP contribution is 2.47. The number of nitrogens with zero attached hydrogens (tertiary/aromatic N) is 2. The van der Waals surface area contributed by atoms with Gasteiger partial charge in [-0.25, -0.2) is 4.63 Å². The summed E-state index contributed by atoms with van der Waals surface area (Å²) in [6.45, 7) is 0. The lowest BCUT2D eigenvalue weighted by atomic mass is 9.80. The Kier molecular flexibility index (Phi) is 5.22. The number of methoxy groups -OCH3 is 3. The van der Waals surface area contributed by atoms with Gasteiger partial charge in [-0.15, -0.1) is 11.3 Å². The van der Waals surface area contributed by atoms with Gasteiger partial charge in [-0.05, 0) is 34.2 Å². The average molecular weight is 455 g/mol. The largest absolute Gasteiger partial charge is 0.496 e. The molecule has 2 atom stereocenters. The summed E-state index contributed by atoms with van der Waals surface area (Å²) in [6.07, 6.45) is 1.09. The first kappa shape index (κ1) is 20.4. The molecule has 10 heteroatoms. The van der Waals surface area contributed by atoms with E-state index in [1.54, 1.807) is 38.7 Å². The third-order valence-corrected chi connectivity index (χ3v) is 6.86. The number of Topliss-reactive ketones (excluding diaryl/α,β-unsaturated/α-hetero) is 1. The maximum absolute atomic E-state index is 13.5. The van der Waals surface area contributed by atoms with Crippen molar-refractivity contribution in [3.05, 3.63) is 51.4 Å². The Bertz CT molecular complexity index is 1190. The number of aromatic nitrogens is 2. The first-order valence-corrected chi connectivity index (χ1v) is 11.0. The Morgan fingerprint density at radius 3 is 2.50 bits per heavy atom. The molecule has 1 aliphatic heterocycles. The third-order valence-electron chi connectivity index (χ3n) is 5.83. The first-order chi connectivity index (χ1) is 15.6. The molecule has 2 unspecified atom stereocenters. The van der Waals surface area contributed by atoms with Gasteiger partial charge >= 0.3 is 0 Å². The molecule has 9 nitrogen and oxygen atoms in total. The maximum atomic E-state index is 13.5. The van der Waals surface area contributed by atoms with Crippen LogP contribution in [0.4, 0.5) is 11.6 Å². The van der Waals surface area contributed by atoms with Crippen LogP contribution in [0.5, 0.6) is 17.2 Å². The highest BCUT2D eigenvalue weighted by atomic mass is 32.1. The van der Waals surface area contributed by atoms with Gasteiger partial charge in [0.25, 0.3) is 0 Å². The minimum atomic E-state index is -0.544. The van der Waals surface area contributed by atoms with Gasteiger partial charge < -0.3 is 24.8 Å². The zero-order valence-electron chi connectivity index (χ0n) is 17.8. The number of hydrogen-bond donors (Lipinski definition) is 2. The van der Waals surface area contributed by atoms with E-state index in [0.29, 0.717) is 47.3 Å². The maximum Gasteiger partial charge on any atom is 0.219 e. The lowest BCUT2D eigenvalue weighted by molar-refractivity contribution is -0.116. The van der Waals surface area contributed by atoms with Crippen molar-refractivity contribution in [3.8, 4) is 17.2 Å². The standard InChI is InChI=1S/C22H22N4O5S/c1-28-15-10-17(30-3)16(29-2)9-12(15)20-19-13(23-21-22(24-20)26-31-25-21)7-11(8-14(19)27)18-5-4-6-32-18/h4-6,9-11,20H,7-8H2,1-3H3,(H,23,25)(H,24,26). The average Bonchev–Trinajstić information content (AvgIpc) is 3.47. The number of carbonyl (C=O) groups is 1. The molecule has 5 rings (SSSR count). The number of ether oxygens (including phenoxy) is 3. The highest BCUT2D eigenvalue weighted by Gasteiger charge is 2.39. The van der Waals surface area contributed by atoms with E-state index in [1.165, 1.54) is 4.88 Å². The molecule has 2 N–H and O–H groups in total. The van der Waals surface area contributed by atoms with Crippen molar-refractivity contribution in [2.24, 2.45) is 0 Å². The van der Waals surface area contributed by atoms with E-state index in [2.05, 4.69) is 27.0 Å². The molecule has 0 amide bonds. The van der Waals surface area contributed by atoms with Crippen LogP contribution in [0.15, 0.2) is 45.5 Å². The van der Waals surface area contributed by atoms with E-state index in [9.17, 15) is 4.79 Å². The number of hydrogen-bond acceptors (Lipinski definition) is 10. The molecule has 1 aliphatic carbocycles. The van der Waals surface area contributed by atoms with Gasteiger partial charge in [0.2, 0.25) is 11.6 Å². The second-order valence-electron chi connectivity index (χ2n) is 7.55. The Labute approximate surface area is 188 Å². The van der Waals surface area contributed by atoms with Crippen molar-refractivity contribution >= 4 is 28.8 Å². The predicted octanol–water partition coefficient (Wildman–Crippen LogP) is 4.14. The zero-order chi connectivity index (χ0) is 22.2. The number of fused-ring (bicyclic) bond motifs is 1. The van der Waals surface area contributed by atoms with Crippen LogP contribution in [0.1, 0.15) is 35.2 Å². The summed E-state index contributed by atoms with van der Waals surface area (Å²) in [5.41, 5.74) is 2.14. The fourth-order valence-electron chi connectivity index (χ4n) is 4.34. The second kappa shape index (κ2) is 8.19. The Morgan fingerprint density at radius 1 is 1.03 bits per heavy atom. The molecule has 1 aromatic carbocycles. The number of thiophene rings is 1. The van der Waals surface area contributed by atoms with E-state index in [1.807, 2.05) is 17.5 Å². The monoisotopic (exact) mass is 454 g/mol. The smallest absolute Gasteiger partial charge is 0.219 e. The van der Waals surface area contributed by atoms with Gasteiger partial charge in [0.1, 0.15) is 5.75 Å². The van der Waals surface area contributed by atoms with Gasteiger partial charge in [-0.3, -0.25) is 4.79 Å². The van der Waals surface area contributed by atoms with Crippen LogP contribution < -0.4 is 24.8 Å². The van der Waals surface area contributed by atoms with E-state index in [4.69, 9.17) is 18.8 Å². The second-order valence-corrected chi connectivity index (χ2v) is 8.53. The number of rotatable bonds is 5. The lowest BCUT2D eigenvalue weighted by Gasteiger charge is -2.30. The number of carbonyl (C=O) groups excluding carboxylic acids is 1. The third kappa shape index (κ3) is 3.36. The van der Waals surface area contributed by atoms with Crippen molar-refractivity contribution < 1.29 is 23.6 Å². The van der Waals surface area contributed by atoms with Crippen LogP contribution in [0, 0.1) is 0 Å². The highest BCUT2D eigenvalue weighted by molar-refractivity contribution is 7.10. The van der Waals surface area contributed by atoms with Gasteiger partial charge in [-0.1, -0.05) is 6.07 Å². The zero-order valence-corrected chi connectivity index (χ0v) is 18.6. The number of nitrogens with one attached hydrogen (secondary N) is 2. The summed E-state index contributed by atoms with van der Waals surface area (Å²) in [5, 5.41) is 16.6. The van der Waals surface area contributed by atoms with Crippen LogP contribution in [0.2, 0.25) is 0 Å².